The van der Waals surface area contributed by atoms with Crippen LogP contribution < -0.4 is 0 Å². The minimum Gasteiger partial charge on any atom is -0.339 e. The van der Waals surface area contributed by atoms with Gasteiger partial charge < -0.3 is 9.42 Å². The summed E-state index contributed by atoms with van der Waals surface area (Å²) >= 11 is 0. The van der Waals surface area contributed by atoms with E-state index in [1.54, 1.807) is 0 Å². The van der Waals surface area contributed by atoms with Crippen molar-refractivity contribution in [2.24, 2.45) is 0 Å². The first kappa shape index (κ1) is 16.5. The Hall–Kier alpha value is -2.95. The second-order valence-electron chi connectivity index (χ2n) is 6.78. The normalized spacial score (nSPS) is 17.3. The molecule has 26 heavy (non-hydrogen) atoms. The molecular weight excluding hydrogens is 326 g/mol. The molecule has 5 heteroatoms. The largest absolute Gasteiger partial charge is 0.339 e. The van der Waals surface area contributed by atoms with E-state index < -0.39 is 0 Å². The van der Waals surface area contributed by atoms with Gasteiger partial charge in [-0.2, -0.15) is 4.98 Å². The van der Waals surface area contributed by atoms with Gasteiger partial charge in [0, 0.05) is 24.2 Å². The highest BCUT2D eigenvalue weighted by Crippen LogP contribution is 2.28. The maximum Gasteiger partial charge on any atom is 0.253 e. The molecule has 1 unspecified atom stereocenters. The van der Waals surface area contributed by atoms with Crippen LogP contribution in [0.2, 0.25) is 0 Å². The number of hydrogen-bond acceptors (Lipinski definition) is 4. The average molecular weight is 347 g/mol. The summed E-state index contributed by atoms with van der Waals surface area (Å²) in [5, 5.41) is 4.14. The fraction of sp³-hybridized carbons (Fsp3) is 0.286. The SMILES string of the molecule is Cc1cccc(-c2noc(C3CCCN(C(=O)c4ccccc4)C3)n2)c1. The van der Waals surface area contributed by atoms with Crippen LogP contribution in [0.15, 0.2) is 59.1 Å². The standard InChI is InChI=1S/C21H21N3O2/c1-15-7-5-10-17(13-15)19-22-20(26-23-19)18-11-6-12-24(14-18)21(25)16-8-3-2-4-9-16/h2-5,7-10,13,18H,6,11-12,14H2,1H3. The van der Waals surface area contributed by atoms with Gasteiger partial charge in [-0.25, -0.2) is 0 Å². The molecule has 3 aromatic rings. The van der Waals surface area contributed by atoms with E-state index in [1.807, 2.05) is 66.4 Å². The lowest BCUT2D eigenvalue weighted by atomic mass is 9.97. The molecular formula is C21H21N3O2. The molecule has 0 N–H and O–H groups in total. The Kier molecular flexibility index (Phi) is 4.52. The molecule has 1 amide bonds. The average Bonchev–Trinajstić information content (AvgIpc) is 3.19. The van der Waals surface area contributed by atoms with Gasteiger partial charge in [-0.05, 0) is 38.0 Å². The van der Waals surface area contributed by atoms with E-state index in [1.165, 1.54) is 0 Å². The fourth-order valence-corrected chi connectivity index (χ4v) is 3.43. The molecule has 1 aromatic heterocycles. The van der Waals surface area contributed by atoms with E-state index in [0.717, 1.165) is 36.1 Å². The van der Waals surface area contributed by atoms with Crippen molar-refractivity contribution in [2.45, 2.75) is 25.7 Å². The van der Waals surface area contributed by atoms with Crippen LogP contribution in [0.5, 0.6) is 0 Å². The van der Waals surface area contributed by atoms with Crippen molar-refractivity contribution in [2.75, 3.05) is 13.1 Å². The zero-order valence-electron chi connectivity index (χ0n) is 14.8. The third kappa shape index (κ3) is 3.38. The quantitative estimate of drug-likeness (QED) is 0.717. The maximum atomic E-state index is 12.7. The molecule has 4 rings (SSSR count). The minimum atomic E-state index is 0.0636. The molecule has 2 heterocycles. The second-order valence-corrected chi connectivity index (χ2v) is 6.78. The molecule has 1 aliphatic rings. The number of hydrogen-bond donors (Lipinski definition) is 0. The van der Waals surface area contributed by atoms with Crippen molar-refractivity contribution in [3.63, 3.8) is 0 Å². The van der Waals surface area contributed by atoms with E-state index in [2.05, 4.69) is 10.1 Å². The lowest BCUT2D eigenvalue weighted by Crippen LogP contribution is -2.39. The summed E-state index contributed by atoms with van der Waals surface area (Å²) in [5.74, 6) is 1.37. The van der Waals surface area contributed by atoms with Crippen LogP contribution in [0, 0.1) is 6.92 Å². The molecule has 1 atom stereocenters. The molecule has 0 spiro atoms. The topological polar surface area (TPSA) is 59.2 Å². The minimum absolute atomic E-state index is 0.0636. The number of carbonyl (C=O) groups excluding carboxylic acids is 1. The lowest BCUT2D eigenvalue weighted by Gasteiger charge is -2.31. The van der Waals surface area contributed by atoms with Gasteiger partial charge in [0.25, 0.3) is 5.91 Å². The van der Waals surface area contributed by atoms with Crippen molar-refractivity contribution >= 4 is 5.91 Å². The van der Waals surface area contributed by atoms with Crippen molar-refractivity contribution < 1.29 is 9.32 Å². The lowest BCUT2D eigenvalue weighted by molar-refractivity contribution is 0.0695. The Morgan fingerprint density at radius 2 is 2.00 bits per heavy atom. The fourth-order valence-electron chi connectivity index (χ4n) is 3.43. The highest BCUT2D eigenvalue weighted by molar-refractivity contribution is 5.94. The van der Waals surface area contributed by atoms with Crippen LogP contribution in [-0.2, 0) is 0 Å². The smallest absolute Gasteiger partial charge is 0.253 e. The summed E-state index contributed by atoms with van der Waals surface area (Å²) in [6.07, 6.45) is 1.89. The predicted octanol–water partition coefficient (Wildman–Crippen LogP) is 4.06. The number of carbonyl (C=O) groups is 1. The third-order valence-corrected chi connectivity index (χ3v) is 4.80. The summed E-state index contributed by atoms with van der Waals surface area (Å²) in [4.78, 5) is 19.2. The monoisotopic (exact) mass is 347 g/mol. The van der Waals surface area contributed by atoms with Gasteiger partial charge in [-0.1, -0.05) is 47.1 Å². The van der Waals surface area contributed by atoms with Crippen molar-refractivity contribution in [3.05, 3.63) is 71.6 Å². The van der Waals surface area contributed by atoms with Crippen molar-refractivity contribution in [1.29, 1.82) is 0 Å². The number of benzene rings is 2. The molecule has 132 valence electrons. The van der Waals surface area contributed by atoms with E-state index in [4.69, 9.17) is 4.52 Å². The summed E-state index contributed by atoms with van der Waals surface area (Å²) in [7, 11) is 0. The Morgan fingerprint density at radius 1 is 1.15 bits per heavy atom. The molecule has 5 nitrogen and oxygen atoms in total. The van der Waals surface area contributed by atoms with E-state index >= 15 is 0 Å². The number of nitrogens with zero attached hydrogens (tertiary/aromatic N) is 3. The van der Waals surface area contributed by atoms with Gasteiger partial charge in [-0.15, -0.1) is 0 Å². The molecule has 1 fully saturated rings. The molecule has 1 aliphatic heterocycles. The van der Waals surface area contributed by atoms with Gasteiger partial charge in [0.15, 0.2) is 0 Å². The van der Waals surface area contributed by atoms with Gasteiger partial charge in [0.1, 0.15) is 0 Å². The summed E-state index contributed by atoms with van der Waals surface area (Å²) in [5.41, 5.74) is 2.83. The number of rotatable bonds is 3. The Labute approximate surface area is 152 Å². The number of aryl methyl sites for hydroxylation is 1. The van der Waals surface area contributed by atoms with Crippen LogP contribution in [0.4, 0.5) is 0 Å². The molecule has 0 radical (unpaired) electrons. The summed E-state index contributed by atoms with van der Waals surface area (Å²) < 4.78 is 5.53. The van der Waals surface area contributed by atoms with Crippen molar-refractivity contribution in [3.8, 4) is 11.4 Å². The highest BCUT2D eigenvalue weighted by atomic mass is 16.5. The number of piperidine rings is 1. The Morgan fingerprint density at radius 3 is 2.81 bits per heavy atom. The molecule has 0 saturated carbocycles. The first-order valence-corrected chi connectivity index (χ1v) is 8.95. The van der Waals surface area contributed by atoms with E-state index in [-0.39, 0.29) is 11.8 Å². The Balaban J connectivity index is 1.51. The first-order chi connectivity index (χ1) is 12.7. The molecule has 2 aromatic carbocycles. The summed E-state index contributed by atoms with van der Waals surface area (Å²) in [6, 6.07) is 17.5. The zero-order chi connectivity index (χ0) is 17.9. The van der Waals surface area contributed by atoms with Gasteiger partial charge in [-0.3, -0.25) is 4.79 Å². The van der Waals surface area contributed by atoms with Gasteiger partial charge in [0.2, 0.25) is 11.7 Å². The Bertz CT molecular complexity index is 904. The first-order valence-electron chi connectivity index (χ1n) is 8.95. The van der Waals surface area contributed by atoms with Crippen LogP contribution in [0.1, 0.15) is 40.6 Å². The predicted molar refractivity (Wildman–Crippen MR) is 98.8 cm³/mol. The van der Waals surface area contributed by atoms with Crippen LogP contribution in [0.3, 0.4) is 0 Å². The second kappa shape index (κ2) is 7.12. The molecule has 1 saturated heterocycles. The third-order valence-electron chi connectivity index (χ3n) is 4.80. The van der Waals surface area contributed by atoms with Crippen LogP contribution in [-0.4, -0.2) is 34.0 Å². The van der Waals surface area contributed by atoms with Gasteiger partial charge >= 0.3 is 0 Å². The zero-order valence-corrected chi connectivity index (χ0v) is 14.8. The maximum absolute atomic E-state index is 12.7. The van der Waals surface area contributed by atoms with E-state index in [0.29, 0.717) is 18.3 Å². The number of likely N-dealkylation sites (tertiary alicyclic amines) is 1. The number of amides is 1. The highest BCUT2D eigenvalue weighted by Gasteiger charge is 2.29. The van der Waals surface area contributed by atoms with Crippen molar-refractivity contribution in [1.82, 2.24) is 15.0 Å². The van der Waals surface area contributed by atoms with Crippen LogP contribution >= 0.6 is 0 Å². The van der Waals surface area contributed by atoms with E-state index in [9.17, 15) is 4.79 Å². The molecule has 0 bridgehead atoms. The summed E-state index contributed by atoms with van der Waals surface area (Å²) in [6.45, 7) is 3.42. The molecule has 0 aliphatic carbocycles. The van der Waals surface area contributed by atoms with Crippen LogP contribution in [0.25, 0.3) is 11.4 Å². The number of aromatic nitrogens is 2. The van der Waals surface area contributed by atoms with Gasteiger partial charge in [0.05, 0.1) is 5.92 Å².